The summed E-state index contributed by atoms with van der Waals surface area (Å²) in [4.78, 5) is 9.22. The predicted molar refractivity (Wildman–Crippen MR) is 110 cm³/mol. The molecule has 0 radical (unpaired) electrons. The maximum Gasteiger partial charge on any atom is 0.191 e. The molecule has 5 nitrogen and oxygen atoms in total. The molecule has 0 aromatic carbocycles. The molecule has 0 fully saturated rings. The van der Waals surface area contributed by atoms with Gasteiger partial charge in [0.05, 0.1) is 22.8 Å². The first-order valence-corrected chi connectivity index (χ1v) is 8.77. The molecule has 0 bridgehead atoms. The number of thiazole rings is 1. The summed E-state index contributed by atoms with van der Waals surface area (Å²) in [6.45, 7) is 12.8. The van der Waals surface area contributed by atoms with E-state index in [4.69, 9.17) is 4.74 Å². The summed E-state index contributed by atoms with van der Waals surface area (Å²) in [7, 11) is 1.71. The lowest BCUT2D eigenvalue weighted by Crippen LogP contribution is -2.40. The summed E-state index contributed by atoms with van der Waals surface area (Å²) in [5.41, 5.74) is 0.901. The van der Waals surface area contributed by atoms with Gasteiger partial charge in [-0.2, -0.15) is 0 Å². The largest absolute Gasteiger partial charge is 0.377 e. The van der Waals surface area contributed by atoms with Gasteiger partial charge in [-0.1, -0.05) is 13.8 Å². The Morgan fingerprint density at radius 2 is 2.09 bits per heavy atom. The Kier molecular flexibility index (Phi) is 11.0. The highest BCUT2D eigenvalue weighted by Gasteiger charge is 2.15. The van der Waals surface area contributed by atoms with E-state index in [2.05, 4.69) is 46.8 Å². The number of nitrogens with one attached hydrogen (secondary N) is 2. The average molecular weight is 454 g/mol. The molecule has 7 heteroatoms. The molecule has 0 spiro atoms. The van der Waals surface area contributed by atoms with Crippen LogP contribution in [-0.4, -0.2) is 43.3 Å². The number of aromatic nitrogens is 1. The van der Waals surface area contributed by atoms with E-state index >= 15 is 0 Å². The van der Waals surface area contributed by atoms with Crippen LogP contribution in [0, 0.1) is 0 Å². The molecule has 0 aliphatic heterocycles. The standard InChI is InChI=1S/C16H30N4OS.HI/c1-7-17-15(19-11-16(4,5)21-6)18-9-8-13-10-22-14(20-13)12(2)3;/h10,12H,7-9,11H2,1-6H3,(H2,17,18,19);1H. The van der Waals surface area contributed by atoms with Gasteiger partial charge in [-0.05, 0) is 20.8 Å². The number of nitrogens with zero attached hydrogens (tertiary/aromatic N) is 2. The minimum Gasteiger partial charge on any atom is -0.377 e. The fraction of sp³-hybridized carbons (Fsp3) is 0.750. The van der Waals surface area contributed by atoms with Crippen molar-refractivity contribution in [2.45, 2.75) is 52.6 Å². The number of rotatable bonds is 8. The Labute approximate surface area is 161 Å². The second kappa shape index (κ2) is 11.2. The number of aliphatic imine (C=N–C) groups is 1. The van der Waals surface area contributed by atoms with E-state index in [9.17, 15) is 0 Å². The quantitative estimate of drug-likeness (QED) is 0.359. The third-order valence-corrected chi connectivity index (χ3v) is 4.45. The van der Waals surface area contributed by atoms with Crippen LogP contribution in [0.2, 0.25) is 0 Å². The number of hydrogen-bond acceptors (Lipinski definition) is 4. The molecule has 0 saturated heterocycles. The molecule has 1 aromatic heterocycles. The van der Waals surface area contributed by atoms with E-state index < -0.39 is 0 Å². The van der Waals surface area contributed by atoms with Gasteiger partial charge in [0.15, 0.2) is 5.96 Å². The van der Waals surface area contributed by atoms with Crippen LogP contribution in [0.1, 0.15) is 51.2 Å². The third-order valence-electron chi connectivity index (χ3n) is 3.25. The molecule has 1 aromatic rings. The van der Waals surface area contributed by atoms with Crippen molar-refractivity contribution in [3.63, 3.8) is 0 Å². The first-order valence-electron chi connectivity index (χ1n) is 7.89. The molecule has 0 atom stereocenters. The molecule has 0 amide bonds. The summed E-state index contributed by atoms with van der Waals surface area (Å²) < 4.78 is 5.39. The lowest BCUT2D eigenvalue weighted by atomic mass is 10.1. The zero-order chi connectivity index (χ0) is 16.6. The number of ether oxygens (including phenoxy) is 1. The molecule has 0 saturated carbocycles. The maximum atomic E-state index is 5.39. The molecule has 2 N–H and O–H groups in total. The summed E-state index contributed by atoms with van der Waals surface area (Å²) >= 11 is 1.74. The number of halogens is 1. The van der Waals surface area contributed by atoms with E-state index in [0.29, 0.717) is 12.5 Å². The van der Waals surface area contributed by atoms with Crippen molar-refractivity contribution in [3.8, 4) is 0 Å². The van der Waals surface area contributed by atoms with Crippen molar-refractivity contribution in [3.05, 3.63) is 16.1 Å². The lowest BCUT2D eigenvalue weighted by Gasteiger charge is -2.21. The van der Waals surface area contributed by atoms with Crippen LogP contribution in [0.3, 0.4) is 0 Å². The highest BCUT2D eigenvalue weighted by molar-refractivity contribution is 14.0. The SMILES string of the molecule is CCNC(=NCC(C)(C)OC)NCCc1csc(C(C)C)n1.I. The minimum absolute atomic E-state index is 0. The van der Waals surface area contributed by atoms with Crippen LogP contribution in [0.25, 0.3) is 0 Å². The van der Waals surface area contributed by atoms with Crippen LogP contribution in [0.5, 0.6) is 0 Å². The van der Waals surface area contributed by atoms with Crippen molar-refractivity contribution in [1.82, 2.24) is 15.6 Å². The Hall–Kier alpha value is -0.410. The van der Waals surface area contributed by atoms with Gasteiger partial charge in [0, 0.05) is 37.9 Å². The summed E-state index contributed by atoms with van der Waals surface area (Å²) in [5, 5.41) is 9.96. The molecular weight excluding hydrogens is 423 g/mol. The Bertz CT molecular complexity index is 474. The molecular formula is C16H31IN4OS. The first kappa shape index (κ1) is 22.6. The van der Waals surface area contributed by atoms with E-state index in [-0.39, 0.29) is 29.6 Å². The summed E-state index contributed by atoms with van der Waals surface area (Å²) in [6.07, 6.45) is 0.904. The minimum atomic E-state index is -0.247. The zero-order valence-electron chi connectivity index (χ0n) is 15.1. The fourth-order valence-corrected chi connectivity index (χ4v) is 2.56. The van der Waals surface area contributed by atoms with Gasteiger partial charge in [0.2, 0.25) is 0 Å². The van der Waals surface area contributed by atoms with Crippen LogP contribution in [0.4, 0.5) is 0 Å². The van der Waals surface area contributed by atoms with Crippen LogP contribution in [-0.2, 0) is 11.2 Å². The van der Waals surface area contributed by atoms with Crippen molar-refractivity contribution in [2.24, 2.45) is 4.99 Å². The van der Waals surface area contributed by atoms with Gasteiger partial charge in [-0.25, -0.2) is 4.98 Å². The number of hydrogen-bond donors (Lipinski definition) is 2. The average Bonchev–Trinajstić information content (AvgIpc) is 2.94. The fourth-order valence-electron chi connectivity index (χ4n) is 1.69. The van der Waals surface area contributed by atoms with Gasteiger partial charge >= 0.3 is 0 Å². The van der Waals surface area contributed by atoms with E-state index in [0.717, 1.165) is 31.2 Å². The second-order valence-electron chi connectivity index (χ2n) is 6.17. The Morgan fingerprint density at radius 1 is 1.39 bits per heavy atom. The maximum absolute atomic E-state index is 5.39. The Balaban J connectivity index is 0.00000484. The summed E-state index contributed by atoms with van der Waals surface area (Å²) in [6, 6.07) is 0. The number of guanidine groups is 1. The number of methoxy groups -OCH3 is 1. The van der Waals surface area contributed by atoms with Gasteiger partial charge in [0.1, 0.15) is 0 Å². The topological polar surface area (TPSA) is 58.5 Å². The molecule has 1 heterocycles. The van der Waals surface area contributed by atoms with Crippen molar-refractivity contribution in [1.29, 1.82) is 0 Å². The highest BCUT2D eigenvalue weighted by atomic mass is 127. The van der Waals surface area contributed by atoms with Crippen LogP contribution < -0.4 is 10.6 Å². The van der Waals surface area contributed by atoms with E-state index in [1.165, 1.54) is 5.01 Å². The molecule has 1 rings (SSSR count). The van der Waals surface area contributed by atoms with Crippen molar-refractivity contribution in [2.75, 3.05) is 26.7 Å². The summed E-state index contributed by atoms with van der Waals surface area (Å²) in [5.74, 6) is 1.33. The first-order chi connectivity index (χ1) is 10.4. The van der Waals surface area contributed by atoms with Crippen LogP contribution >= 0.6 is 35.3 Å². The smallest absolute Gasteiger partial charge is 0.191 e. The second-order valence-corrected chi connectivity index (χ2v) is 7.06. The molecule has 0 aliphatic carbocycles. The zero-order valence-corrected chi connectivity index (χ0v) is 18.2. The van der Waals surface area contributed by atoms with E-state index in [1.54, 1.807) is 18.4 Å². The van der Waals surface area contributed by atoms with Gasteiger partial charge in [-0.15, -0.1) is 35.3 Å². The van der Waals surface area contributed by atoms with Gasteiger partial charge in [-0.3, -0.25) is 4.99 Å². The highest BCUT2D eigenvalue weighted by Crippen LogP contribution is 2.19. The normalized spacial score (nSPS) is 12.2. The predicted octanol–water partition coefficient (Wildman–Crippen LogP) is 3.41. The molecule has 134 valence electrons. The van der Waals surface area contributed by atoms with Gasteiger partial charge in [0.25, 0.3) is 0 Å². The monoisotopic (exact) mass is 454 g/mol. The Morgan fingerprint density at radius 3 is 2.61 bits per heavy atom. The van der Waals surface area contributed by atoms with Crippen molar-refractivity contribution < 1.29 is 4.74 Å². The molecule has 0 aliphatic rings. The van der Waals surface area contributed by atoms with Gasteiger partial charge < -0.3 is 15.4 Å². The van der Waals surface area contributed by atoms with Crippen LogP contribution in [0.15, 0.2) is 10.4 Å². The lowest BCUT2D eigenvalue weighted by molar-refractivity contribution is 0.0310. The molecule has 0 unspecified atom stereocenters. The molecule has 23 heavy (non-hydrogen) atoms. The van der Waals surface area contributed by atoms with Crippen molar-refractivity contribution >= 4 is 41.3 Å². The third kappa shape index (κ3) is 8.85. The van der Waals surface area contributed by atoms with E-state index in [1.807, 2.05) is 13.8 Å².